The molecule has 0 saturated heterocycles. The van der Waals surface area contributed by atoms with Crippen LogP contribution >= 0.6 is 0 Å². The highest BCUT2D eigenvalue weighted by atomic mass is 16.5. The number of amides is 1. The number of rotatable bonds is 7. The van der Waals surface area contributed by atoms with Gasteiger partial charge in [0, 0.05) is 12.1 Å². The van der Waals surface area contributed by atoms with Gasteiger partial charge in [0.15, 0.2) is 0 Å². The van der Waals surface area contributed by atoms with Crippen LogP contribution in [0.4, 0.5) is 0 Å². The van der Waals surface area contributed by atoms with E-state index in [0.29, 0.717) is 13.0 Å². The highest BCUT2D eigenvalue weighted by molar-refractivity contribution is 5.93. The first kappa shape index (κ1) is 16.0. The van der Waals surface area contributed by atoms with E-state index in [1.165, 1.54) is 0 Å². The average Bonchev–Trinajstić information content (AvgIpc) is 2.47. The van der Waals surface area contributed by atoms with Gasteiger partial charge in [-0.1, -0.05) is 43.3 Å². The van der Waals surface area contributed by atoms with Crippen LogP contribution < -0.4 is 5.32 Å². The summed E-state index contributed by atoms with van der Waals surface area (Å²) in [6.45, 7) is 4.31. The largest absolute Gasteiger partial charge is 0.461 e. The molecule has 0 aliphatic heterocycles. The van der Waals surface area contributed by atoms with Crippen molar-refractivity contribution in [1.82, 2.24) is 5.32 Å². The molecule has 0 atom stereocenters. The predicted molar refractivity (Wildman–Crippen MR) is 77.9 cm³/mol. The van der Waals surface area contributed by atoms with Gasteiger partial charge in [0.05, 0.1) is 6.42 Å². The molecule has 108 valence electrons. The molecule has 0 fully saturated rings. The van der Waals surface area contributed by atoms with Crippen LogP contribution in [0.15, 0.2) is 42.0 Å². The standard InChI is InChI=1S/C16H21NO3/c1-3-14(4-2)16(19)17-11-10-15(18)20-12-13-8-6-5-7-9-13/h3,5-9H,4,10-12H2,1-2H3,(H,17,19)/b14-3+. The van der Waals surface area contributed by atoms with E-state index in [4.69, 9.17) is 4.74 Å². The van der Waals surface area contributed by atoms with Crippen molar-refractivity contribution in [2.75, 3.05) is 6.54 Å². The van der Waals surface area contributed by atoms with Crippen LogP contribution in [0.5, 0.6) is 0 Å². The minimum absolute atomic E-state index is 0.120. The second kappa shape index (κ2) is 8.91. The molecule has 0 aliphatic rings. The number of nitrogens with one attached hydrogen (secondary N) is 1. The maximum absolute atomic E-state index is 11.6. The highest BCUT2D eigenvalue weighted by Gasteiger charge is 2.08. The fourth-order valence-electron chi connectivity index (χ4n) is 1.70. The zero-order valence-corrected chi connectivity index (χ0v) is 12.0. The van der Waals surface area contributed by atoms with E-state index in [9.17, 15) is 9.59 Å². The third-order valence-corrected chi connectivity index (χ3v) is 2.88. The van der Waals surface area contributed by atoms with Crippen LogP contribution in [-0.4, -0.2) is 18.4 Å². The SMILES string of the molecule is C/C=C(\CC)C(=O)NCCC(=O)OCc1ccccc1. The van der Waals surface area contributed by atoms with Gasteiger partial charge in [0.25, 0.3) is 0 Å². The van der Waals surface area contributed by atoms with Gasteiger partial charge in [-0.3, -0.25) is 9.59 Å². The summed E-state index contributed by atoms with van der Waals surface area (Å²) in [4.78, 5) is 23.2. The van der Waals surface area contributed by atoms with Gasteiger partial charge < -0.3 is 10.1 Å². The molecule has 0 saturated carbocycles. The molecule has 1 amide bonds. The lowest BCUT2D eigenvalue weighted by molar-refractivity contribution is -0.144. The molecule has 0 spiro atoms. The summed E-state index contributed by atoms with van der Waals surface area (Å²) in [7, 11) is 0. The molecule has 20 heavy (non-hydrogen) atoms. The first-order valence-electron chi connectivity index (χ1n) is 6.80. The van der Waals surface area contributed by atoms with Gasteiger partial charge in [-0.15, -0.1) is 0 Å². The van der Waals surface area contributed by atoms with Crippen molar-refractivity contribution in [2.24, 2.45) is 0 Å². The van der Waals surface area contributed by atoms with E-state index in [0.717, 1.165) is 11.1 Å². The number of hydrogen-bond donors (Lipinski definition) is 1. The van der Waals surface area contributed by atoms with Crippen molar-refractivity contribution in [3.05, 3.63) is 47.5 Å². The predicted octanol–water partition coefficient (Wildman–Crippen LogP) is 2.59. The van der Waals surface area contributed by atoms with E-state index in [1.807, 2.05) is 44.2 Å². The summed E-state index contributed by atoms with van der Waals surface area (Å²) in [5, 5.41) is 2.71. The quantitative estimate of drug-likeness (QED) is 0.614. The highest BCUT2D eigenvalue weighted by Crippen LogP contribution is 2.02. The summed E-state index contributed by atoms with van der Waals surface area (Å²) < 4.78 is 5.12. The zero-order chi connectivity index (χ0) is 14.8. The van der Waals surface area contributed by atoms with Gasteiger partial charge in [0.2, 0.25) is 5.91 Å². The molecule has 1 aromatic rings. The topological polar surface area (TPSA) is 55.4 Å². The number of ether oxygens (including phenoxy) is 1. The Morgan fingerprint density at radius 3 is 2.55 bits per heavy atom. The lowest BCUT2D eigenvalue weighted by atomic mass is 10.2. The minimum atomic E-state index is -0.312. The Labute approximate surface area is 119 Å². The van der Waals surface area contributed by atoms with Crippen molar-refractivity contribution in [2.45, 2.75) is 33.3 Å². The van der Waals surface area contributed by atoms with Crippen LogP contribution in [0, 0.1) is 0 Å². The van der Waals surface area contributed by atoms with Crippen molar-refractivity contribution in [1.29, 1.82) is 0 Å². The van der Waals surface area contributed by atoms with Crippen molar-refractivity contribution < 1.29 is 14.3 Å². The first-order valence-corrected chi connectivity index (χ1v) is 6.80. The van der Waals surface area contributed by atoms with Crippen LogP contribution in [0.25, 0.3) is 0 Å². The smallest absolute Gasteiger partial charge is 0.307 e. The number of allylic oxidation sites excluding steroid dienone is 1. The van der Waals surface area contributed by atoms with Crippen LogP contribution in [-0.2, 0) is 20.9 Å². The number of carbonyl (C=O) groups is 2. The molecule has 1 aromatic carbocycles. The number of esters is 1. The Morgan fingerprint density at radius 1 is 1.25 bits per heavy atom. The second-order valence-corrected chi connectivity index (χ2v) is 4.32. The molecule has 0 heterocycles. The van der Waals surface area contributed by atoms with Crippen LogP contribution in [0.1, 0.15) is 32.3 Å². The fourth-order valence-corrected chi connectivity index (χ4v) is 1.70. The van der Waals surface area contributed by atoms with E-state index in [1.54, 1.807) is 6.08 Å². The van der Waals surface area contributed by atoms with E-state index in [2.05, 4.69) is 5.32 Å². The van der Waals surface area contributed by atoms with Crippen molar-refractivity contribution in [3.8, 4) is 0 Å². The summed E-state index contributed by atoms with van der Waals surface area (Å²) in [6, 6.07) is 9.50. The second-order valence-electron chi connectivity index (χ2n) is 4.32. The molecule has 0 radical (unpaired) electrons. The molecule has 0 bridgehead atoms. The van der Waals surface area contributed by atoms with Gasteiger partial charge in [-0.2, -0.15) is 0 Å². The molecule has 0 unspecified atom stereocenters. The van der Waals surface area contributed by atoms with Crippen LogP contribution in [0.3, 0.4) is 0 Å². The summed E-state index contributed by atoms with van der Waals surface area (Å²) in [6.07, 6.45) is 2.64. The molecule has 0 aromatic heterocycles. The summed E-state index contributed by atoms with van der Waals surface area (Å²) in [5.41, 5.74) is 1.68. The maximum Gasteiger partial charge on any atom is 0.307 e. The minimum Gasteiger partial charge on any atom is -0.461 e. The third kappa shape index (κ3) is 5.69. The Bertz CT molecular complexity index is 466. The van der Waals surface area contributed by atoms with E-state index < -0.39 is 0 Å². The molecular weight excluding hydrogens is 254 g/mol. The summed E-state index contributed by atoms with van der Waals surface area (Å²) in [5.74, 6) is -0.432. The fraction of sp³-hybridized carbons (Fsp3) is 0.375. The van der Waals surface area contributed by atoms with Crippen molar-refractivity contribution in [3.63, 3.8) is 0 Å². The van der Waals surface area contributed by atoms with Gasteiger partial charge in [-0.25, -0.2) is 0 Å². The van der Waals surface area contributed by atoms with Crippen LogP contribution in [0.2, 0.25) is 0 Å². The molecular formula is C16H21NO3. The van der Waals surface area contributed by atoms with E-state index in [-0.39, 0.29) is 24.9 Å². The first-order chi connectivity index (χ1) is 9.67. The van der Waals surface area contributed by atoms with Crippen molar-refractivity contribution >= 4 is 11.9 Å². The number of hydrogen-bond acceptors (Lipinski definition) is 3. The van der Waals surface area contributed by atoms with Gasteiger partial charge >= 0.3 is 5.97 Å². The lowest BCUT2D eigenvalue weighted by Gasteiger charge is -2.07. The normalized spacial score (nSPS) is 11.0. The Balaban J connectivity index is 2.22. The molecule has 4 nitrogen and oxygen atoms in total. The van der Waals surface area contributed by atoms with Gasteiger partial charge in [0.1, 0.15) is 6.61 Å². The number of carbonyl (C=O) groups excluding carboxylic acids is 2. The molecule has 4 heteroatoms. The average molecular weight is 275 g/mol. The molecule has 1 rings (SSSR count). The zero-order valence-electron chi connectivity index (χ0n) is 12.0. The van der Waals surface area contributed by atoms with E-state index >= 15 is 0 Å². The monoisotopic (exact) mass is 275 g/mol. The Hall–Kier alpha value is -2.10. The lowest BCUT2D eigenvalue weighted by Crippen LogP contribution is -2.27. The maximum atomic E-state index is 11.6. The Kier molecular flexibility index (Phi) is 7.11. The molecule has 1 N–H and O–H groups in total. The summed E-state index contributed by atoms with van der Waals surface area (Å²) >= 11 is 0. The third-order valence-electron chi connectivity index (χ3n) is 2.88. The Morgan fingerprint density at radius 2 is 1.95 bits per heavy atom. The number of benzene rings is 1. The molecule has 0 aliphatic carbocycles. The van der Waals surface area contributed by atoms with Gasteiger partial charge in [-0.05, 0) is 18.9 Å².